The molecule has 2 fully saturated rings. The van der Waals surface area contributed by atoms with E-state index in [2.05, 4.69) is 6.58 Å². The number of hydrogen-bond acceptors (Lipinski definition) is 6. The molecule has 0 aromatic rings. The Labute approximate surface area is 146 Å². The van der Waals surface area contributed by atoms with Crippen LogP contribution < -0.4 is 0 Å². The first-order chi connectivity index (χ1) is 11.7. The Hall–Kier alpha value is -1.79. The maximum absolute atomic E-state index is 12.4. The second-order valence-electron chi connectivity index (χ2n) is 7.68. The summed E-state index contributed by atoms with van der Waals surface area (Å²) >= 11 is 0. The normalized spacial score (nSPS) is 39.2. The third-order valence-electron chi connectivity index (χ3n) is 5.34. The van der Waals surface area contributed by atoms with Gasteiger partial charge in [-0.05, 0) is 26.2 Å². The van der Waals surface area contributed by atoms with Crippen LogP contribution in [0.15, 0.2) is 23.8 Å². The SMILES string of the molecule is C=C(C)[C@H]1CC=C2C(=O)O[C@H](C[C@@]3(C)CC(=O)[C@@H](CC(=O)C1)O3)[C@@H]2O. The highest BCUT2D eigenvalue weighted by Gasteiger charge is 2.49. The molecule has 3 aliphatic rings. The highest BCUT2D eigenvalue weighted by Crippen LogP contribution is 2.38. The molecule has 0 spiro atoms. The van der Waals surface area contributed by atoms with E-state index >= 15 is 0 Å². The van der Waals surface area contributed by atoms with Gasteiger partial charge in [-0.3, -0.25) is 9.59 Å². The van der Waals surface area contributed by atoms with Crippen LogP contribution in [0.25, 0.3) is 0 Å². The molecule has 0 aliphatic carbocycles. The minimum absolute atomic E-state index is 0.0541. The van der Waals surface area contributed by atoms with Crippen LogP contribution in [-0.4, -0.2) is 46.6 Å². The lowest BCUT2D eigenvalue weighted by Crippen LogP contribution is -2.35. The van der Waals surface area contributed by atoms with Gasteiger partial charge >= 0.3 is 5.97 Å². The van der Waals surface area contributed by atoms with Gasteiger partial charge in [-0.1, -0.05) is 18.2 Å². The zero-order valence-electron chi connectivity index (χ0n) is 14.6. The fraction of sp³-hybridized carbons (Fsp3) is 0.632. The Morgan fingerprint density at radius 3 is 2.72 bits per heavy atom. The van der Waals surface area contributed by atoms with E-state index < -0.39 is 29.9 Å². The highest BCUT2D eigenvalue weighted by molar-refractivity contribution is 5.93. The fourth-order valence-corrected chi connectivity index (χ4v) is 3.88. The second kappa shape index (κ2) is 6.50. The summed E-state index contributed by atoms with van der Waals surface area (Å²) < 4.78 is 11.2. The Morgan fingerprint density at radius 2 is 2.04 bits per heavy atom. The van der Waals surface area contributed by atoms with E-state index in [1.807, 2.05) is 6.92 Å². The molecule has 6 nitrogen and oxygen atoms in total. The van der Waals surface area contributed by atoms with Crippen LogP contribution in [-0.2, 0) is 23.9 Å². The van der Waals surface area contributed by atoms with Crippen LogP contribution in [0.4, 0.5) is 0 Å². The maximum Gasteiger partial charge on any atom is 0.336 e. The first-order valence-corrected chi connectivity index (χ1v) is 8.65. The summed E-state index contributed by atoms with van der Waals surface area (Å²) in [4.78, 5) is 36.8. The molecule has 25 heavy (non-hydrogen) atoms. The monoisotopic (exact) mass is 348 g/mol. The smallest absolute Gasteiger partial charge is 0.336 e. The first-order valence-electron chi connectivity index (χ1n) is 8.65. The van der Waals surface area contributed by atoms with Crippen molar-refractivity contribution in [2.24, 2.45) is 5.92 Å². The predicted octanol–water partition coefficient (Wildman–Crippen LogP) is 1.65. The average Bonchev–Trinajstić information content (AvgIpc) is 2.91. The van der Waals surface area contributed by atoms with E-state index in [-0.39, 0.29) is 48.7 Å². The fourth-order valence-electron chi connectivity index (χ4n) is 3.88. The number of hydrogen-bond donors (Lipinski definition) is 1. The summed E-state index contributed by atoms with van der Waals surface area (Å²) in [6.07, 6.45) is 0.187. The molecule has 0 radical (unpaired) electrons. The van der Waals surface area contributed by atoms with Crippen LogP contribution in [0.3, 0.4) is 0 Å². The number of ketones is 2. The molecular formula is C19H24O6. The summed E-state index contributed by atoms with van der Waals surface area (Å²) in [5, 5.41) is 10.5. The molecule has 5 atom stereocenters. The number of aliphatic hydroxyl groups is 1. The largest absolute Gasteiger partial charge is 0.456 e. The van der Waals surface area contributed by atoms with E-state index in [1.165, 1.54) is 0 Å². The molecule has 6 heteroatoms. The summed E-state index contributed by atoms with van der Waals surface area (Å²) in [6.45, 7) is 7.50. The number of esters is 1. The Balaban J connectivity index is 1.94. The molecule has 0 unspecified atom stereocenters. The number of fused-ring (bicyclic) bond motifs is 4. The van der Waals surface area contributed by atoms with Gasteiger partial charge in [-0.15, -0.1) is 0 Å². The number of carbonyl (C=O) groups is 3. The second-order valence-corrected chi connectivity index (χ2v) is 7.68. The predicted molar refractivity (Wildman–Crippen MR) is 88.7 cm³/mol. The van der Waals surface area contributed by atoms with Gasteiger partial charge in [0.25, 0.3) is 0 Å². The topological polar surface area (TPSA) is 89.9 Å². The average molecular weight is 348 g/mol. The summed E-state index contributed by atoms with van der Waals surface area (Å²) in [7, 11) is 0. The number of aliphatic hydroxyl groups excluding tert-OH is 1. The molecule has 4 bridgehead atoms. The van der Waals surface area contributed by atoms with E-state index in [4.69, 9.17) is 9.47 Å². The number of allylic oxidation sites excluding steroid dienone is 2. The van der Waals surface area contributed by atoms with E-state index in [1.54, 1.807) is 13.0 Å². The van der Waals surface area contributed by atoms with Crippen molar-refractivity contribution in [3.63, 3.8) is 0 Å². The highest BCUT2D eigenvalue weighted by atomic mass is 16.6. The Kier molecular flexibility index (Phi) is 4.68. The zero-order chi connectivity index (χ0) is 18.4. The van der Waals surface area contributed by atoms with Gasteiger partial charge in [-0.25, -0.2) is 4.79 Å². The van der Waals surface area contributed by atoms with Gasteiger partial charge in [0, 0.05) is 25.7 Å². The van der Waals surface area contributed by atoms with Crippen molar-refractivity contribution < 1.29 is 29.0 Å². The van der Waals surface area contributed by atoms with E-state index in [0.29, 0.717) is 6.42 Å². The number of Topliss-reactive ketones (excluding diaryl/α,β-unsaturated/α-hetero) is 2. The molecule has 1 N–H and O–H groups in total. The lowest BCUT2D eigenvalue weighted by molar-refractivity contribution is -0.144. The van der Waals surface area contributed by atoms with Crippen LogP contribution in [0.5, 0.6) is 0 Å². The molecule has 136 valence electrons. The van der Waals surface area contributed by atoms with Crippen LogP contribution in [0, 0.1) is 5.92 Å². The standard InChI is InChI=1S/C19H24O6/c1-10(2)11-4-5-13-17(22)16(24-18(13)23)9-19(3)8-14(21)15(25-19)7-12(20)6-11/h5,11,15-17,22H,1,4,6-9H2,2-3H3/t11-,15+,16+,17+,19+/m0/s1. The lowest BCUT2D eigenvalue weighted by atomic mass is 9.87. The van der Waals surface area contributed by atoms with Gasteiger partial charge < -0.3 is 14.6 Å². The molecule has 0 amide bonds. The third kappa shape index (κ3) is 3.60. The van der Waals surface area contributed by atoms with Crippen molar-refractivity contribution in [3.8, 4) is 0 Å². The number of carbonyl (C=O) groups excluding carboxylic acids is 3. The van der Waals surface area contributed by atoms with Crippen molar-refractivity contribution in [1.29, 1.82) is 0 Å². The van der Waals surface area contributed by atoms with Gasteiger partial charge in [0.05, 0.1) is 11.2 Å². The molecular weight excluding hydrogens is 324 g/mol. The van der Waals surface area contributed by atoms with Gasteiger partial charge in [0.2, 0.25) is 0 Å². The van der Waals surface area contributed by atoms with Crippen LogP contribution in [0.2, 0.25) is 0 Å². The van der Waals surface area contributed by atoms with E-state index in [9.17, 15) is 19.5 Å². The van der Waals surface area contributed by atoms with Crippen LogP contribution in [0.1, 0.15) is 46.0 Å². The maximum atomic E-state index is 12.4. The van der Waals surface area contributed by atoms with Crippen molar-refractivity contribution in [2.75, 3.05) is 0 Å². The summed E-state index contributed by atoms with van der Waals surface area (Å²) in [6, 6.07) is 0. The van der Waals surface area contributed by atoms with Crippen molar-refractivity contribution >= 4 is 17.5 Å². The minimum atomic E-state index is -1.05. The van der Waals surface area contributed by atoms with Crippen molar-refractivity contribution in [3.05, 3.63) is 23.8 Å². The molecule has 3 rings (SSSR count). The minimum Gasteiger partial charge on any atom is -0.456 e. The summed E-state index contributed by atoms with van der Waals surface area (Å²) in [5.41, 5.74) is 0.194. The Bertz CT molecular complexity index is 663. The molecule has 0 aromatic heterocycles. The number of rotatable bonds is 1. The zero-order valence-corrected chi connectivity index (χ0v) is 14.6. The van der Waals surface area contributed by atoms with E-state index in [0.717, 1.165) is 5.57 Å². The molecule has 2 saturated heterocycles. The summed E-state index contributed by atoms with van der Waals surface area (Å²) in [5.74, 6) is -0.871. The number of ether oxygens (including phenoxy) is 2. The Morgan fingerprint density at radius 1 is 1.32 bits per heavy atom. The van der Waals surface area contributed by atoms with Crippen molar-refractivity contribution in [1.82, 2.24) is 0 Å². The van der Waals surface area contributed by atoms with Gasteiger partial charge in [0.1, 0.15) is 24.1 Å². The third-order valence-corrected chi connectivity index (χ3v) is 5.34. The van der Waals surface area contributed by atoms with Gasteiger partial charge in [-0.2, -0.15) is 0 Å². The van der Waals surface area contributed by atoms with Gasteiger partial charge in [0.15, 0.2) is 5.78 Å². The first kappa shape index (κ1) is 18.0. The molecule has 3 heterocycles. The molecule has 3 aliphatic heterocycles. The quantitative estimate of drug-likeness (QED) is 0.572. The molecule has 0 saturated carbocycles. The van der Waals surface area contributed by atoms with Crippen molar-refractivity contribution in [2.45, 2.75) is 69.9 Å². The lowest BCUT2D eigenvalue weighted by Gasteiger charge is -2.27. The van der Waals surface area contributed by atoms with Crippen LogP contribution >= 0.6 is 0 Å². The molecule has 0 aromatic carbocycles.